The van der Waals surface area contributed by atoms with E-state index in [9.17, 15) is 18.7 Å². The standard InChI is InChI=1S/C26H25F2NO4/c1-32-24-13-12-19(15-25(24)33-20-8-2-3-9-20)29(16-21-22(27)10-5-11-23(21)28)18-7-4-6-17(14-18)26(30)31/h4-7,10-15,20H,2-3,8-9,16H2,1H3,(H,30,31). The second-order valence-corrected chi connectivity index (χ2v) is 8.00. The van der Waals surface area contributed by atoms with Crippen LogP contribution in [0.3, 0.4) is 0 Å². The SMILES string of the molecule is COc1ccc(N(Cc2c(F)cccc2F)c2cccc(C(=O)O)c2)cc1OC1CCCC1. The van der Waals surface area contributed by atoms with Gasteiger partial charge < -0.3 is 19.5 Å². The molecule has 0 atom stereocenters. The van der Waals surface area contributed by atoms with Crippen molar-refractivity contribution >= 4 is 17.3 Å². The molecule has 1 N–H and O–H groups in total. The van der Waals surface area contributed by atoms with E-state index in [1.54, 1.807) is 42.3 Å². The molecular weight excluding hydrogens is 428 g/mol. The summed E-state index contributed by atoms with van der Waals surface area (Å²) in [5, 5.41) is 9.44. The van der Waals surface area contributed by atoms with Crippen LogP contribution in [0.15, 0.2) is 60.7 Å². The zero-order valence-electron chi connectivity index (χ0n) is 18.3. The normalized spacial score (nSPS) is 13.7. The smallest absolute Gasteiger partial charge is 0.335 e. The molecule has 0 spiro atoms. The van der Waals surface area contributed by atoms with Crippen molar-refractivity contribution in [3.05, 3.63) is 83.4 Å². The Morgan fingerprint density at radius 1 is 0.970 bits per heavy atom. The Kier molecular flexibility index (Phi) is 6.77. The summed E-state index contributed by atoms with van der Waals surface area (Å²) in [6.45, 7) is -0.142. The monoisotopic (exact) mass is 453 g/mol. The molecule has 1 saturated carbocycles. The first-order chi connectivity index (χ1) is 16.0. The van der Waals surface area contributed by atoms with Crippen molar-refractivity contribution in [3.63, 3.8) is 0 Å². The minimum Gasteiger partial charge on any atom is -0.493 e. The Bertz CT molecular complexity index is 1120. The summed E-state index contributed by atoms with van der Waals surface area (Å²) in [6.07, 6.45) is 4.21. The predicted octanol–water partition coefficient (Wildman–Crippen LogP) is 6.33. The van der Waals surface area contributed by atoms with Crippen LogP contribution in [-0.2, 0) is 6.54 Å². The fraction of sp³-hybridized carbons (Fsp3) is 0.269. The van der Waals surface area contributed by atoms with Crippen LogP contribution in [0.1, 0.15) is 41.6 Å². The highest BCUT2D eigenvalue weighted by atomic mass is 19.1. The molecule has 4 rings (SSSR count). The third-order valence-electron chi connectivity index (χ3n) is 5.84. The number of carboxylic acid groups (broad SMARTS) is 1. The number of benzene rings is 3. The molecule has 3 aromatic rings. The zero-order chi connectivity index (χ0) is 23.4. The maximum atomic E-state index is 14.5. The fourth-order valence-corrected chi connectivity index (χ4v) is 4.09. The van der Waals surface area contributed by atoms with Crippen LogP contribution in [0.5, 0.6) is 11.5 Å². The number of aromatic carboxylic acids is 1. The third kappa shape index (κ3) is 5.08. The molecule has 1 fully saturated rings. The molecule has 0 amide bonds. The number of hydrogen-bond acceptors (Lipinski definition) is 4. The first-order valence-corrected chi connectivity index (χ1v) is 10.8. The van der Waals surface area contributed by atoms with Gasteiger partial charge in [0, 0.05) is 23.0 Å². The van der Waals surface area contributed by atoms with Crippen LogP contribution in [-0.4, -0.2) is 24.3 Å². The molecule has 5 nitrogen and oxygen atoms in total. The number of anilines is 2. The Labute approximate surface area is 191 Å². The van der Waals surface area contributed by atoms with Gasteiger partial charge in [-0.05, 0) is 68.1 Å². The maximum Gasteiger partial charge on any atom is 0.335 e. The van der Waals surface area contributed by atoms with Gasteiger partial charge in [0.25, 0.3) is 0 Å². The summed E-state index contributed by atoms with van der Waals surface area (Å²) >= 11 is 0. The van der Waals surface area contributed by atoms with Gasteiger partial charge in [-0.25, -0.2) is 13.6 Å². The van der Waals surface area contributed by atoms with Crippen molar-refractivity contribution in [1.29, 1.82) is 0 Å². The fourth-order valence-electron chi connectivity index (χ4n) is 4.09. The molecule has 1 aliphatic rings. The maximum absolute atomic E-state index is 14.5. The van der Waals surface area contributed by atoms with E-state index in [2.05, 4.69) is 0 Å². The predicted molar refractivity (Wildman–Crippen MR) is 121 cm³/mol. The van der Waals surface area contributed by atoms with Crippen molar-refractivity contribution in [1.82, 2.24) is 0 Å². The summed E-state index contributed by atoms with van der Waals surface area (Å²) < 4.78 is 40.7. The Morgan fingerprint density at radius 3 is 2.30 bits per heavy atom. The summed E-state index contributed by atoms with van der Waals surface area (Å²) in [6, 6.07) is 15.2. The molecule has 33 heavy (non-hydrogen) atoms. The van der Waals surface area contributed by atoms with Gasteiger partial charge in [-0.15, -0.1) is 0 Å². The van der Waals surface area contributed by atoms with E-state index in [1.165, 1.54) is 30.3 Å². The lowest BCUT2D eigenvalue weighted by molar-refractivity contribution is 0.0697. The third-order valence-corrected chi connectivity index (χ3v) is 5.84. The number of halogens is 2. The van der Waals surface area contributed by atoms with Gasteiger partial charge in [0.15, 0.2) is 11.5 Å². The quantitative estimate of drug-likeness (QED) is 0.432. The number of rotatable bonds is 8. The minimum atomic E-state index is -1.09. The van der Waals surface area contributed by atoms with Gasteiger partial charge >= 0.3 is 5.97 Å². The minimum absolute atomic E-state index is 0.0717. The van der Waals surface area contributed by atoms with Crippen LogP contribution in [0.4, 0.5) is 20.2 Å². The van der Waals surface area contributed by atoms with Crippen LogP contribution >= 0.6 is 0 Å². The largest absolute Gasteiger partial charge is 0.493 e. The number of methoxy groups -OCH3 is 1. The molecule has 3 aromatic carbocycles. The molecule has 7 heteroatoms. The van der Waals surface area contributed by atoms with Crippen molar-refractivity contribution in [2.24, 2.45) is 0 Å². The number of ether oxygens (including phenoxy) is 2. The molecule has 0 heterocycles. The average Bonchev–Trinajstić information content (AvgIpc) is 3.32. The molecule has 0 radical (unpaired) electrons. The van der Waals surface area contributed by atoms with Crippen LogP contribution in [0.2, 0.25) is 0 Å². The number of carbonyl (C=O) groups is 1. The van der Waals surface area contributed by atoms with E-state index in [-0.39, 0.29) is 23.8 Å². The highest BCUT2D eigenvalue weighted by Gasteiger charge is 2.22. The number of carboxylic acids is 1. The Hall–Kier alpha value is -3.61. The lowest BCUT2D eigenvalue weighted by atomic mass is 10.1. The lowest BCUT2D eigenvalue weighted by Crippen LogP contribution is -2.19. The van der Waals surface area contributed by atoms with Gasteiger partial charge in [0.2, 0.25) is 0 Å². The zero-order valence-corrected chi connectivity index (χ0v) is 18.3. The topological polar surface area (TPSA) is 59.0 Å². The summed E-state index contributed by atoms with van der Waals surface area (Å²) in [5.41, 5.74) is 1.03. The van der Waals surface area contributed by atoms with Crippen molar-refractivity contribution < 1.29 is 28.2 Å². The summed E-state index contributed by atoms with van der Waals surface area (Å²) in [5.74, 6) is -1.35. The molecule has 0 aliphatic heterocycles. The van der Waals surface area contributed by atoms with Gasteiger partial charge in [0.1, 0.15) is 11.6 Å². The number of nitrogens with zero attached hydrogens (tertiary/aromatic N) is 1. The van der Waals surface area contributed by atoms with E-state index in [4.69, 9.17) is 9.47 Å². The first-order valence-electron chi connectivity index (χ1n) is 10.8. The molecule has 0 saturated heterocycles. The molecule has 0 unspecified atom stereocenters. The Morgan fingerprint density at radius 2 is 1.64 bits per heavy atom. The van der Waals surface area contributed by atoms with E-state index < -0.39 is 17.6 Å². The van der Waals surface area contributed by atoms with Gasteiger partial charge in [0.05, 0.1) is 25.3 Å². The van der Waals surface area contributed by atoms with Gasteiger partial charge in [-0.3, -0.25) is 0 Å². The van der Waals surface area contributed by atoms with E-state index >= 15 is 0 Å². The second-order valence-electron chi connectivity index (χ2n) is 8.00. The molecule has 0 aromatic heterocycles. The number of hydrogen-bond donors (Lipinski definition) is 1. The summed E-state index contributed by atoms with van der Waals surface area (Å²) in [7, 11) is 1.55. The van der Waals surface area contributed by atoms with Crippen molar-refractivity contribution in [2.75, 3.05) is 12.0 Å². The van der Waals surface area contributed by atoms with Gasteiger partial charge in [-0.1, -0.05) is 12.1 Å². The Balaban J connectivity index is 1.78. The molecule has 172 valence electrons. The summed E-state index contributed by atoms with van der Waals surface area (Å²) in [4.78, 5) is 13.2. The second kappa shape index (κ2) is 9.90. The average molecular weight is 453 g/mol. The van der Waals surface area contributed by atoms with E-state index in [0.29, 0.717) is 22.9 Å². The molecular formula is C26H25F2NO4. The van der Waals surface area contributed by atoms with Crippen LogP contribution in [0, 0.1) is 11.6 Å². The van der Waals surface area contributed by atoms with Crippen molar-refractivity contribution in [2.45, 2.75) is 38.3 Å². The van der Waals surface area contributed by atoms with E-state index in [1.807, 2.05) is 0 Å². The lowest BCUT2D eigenvalue weighted by Gasteiger charge is -2.27. The van der Waals surface area contributed by atoms with Crippen LogP contribution in [0.25, 0.3) is 0 Å². The van der Waals surface area contributed by atoms with Crippen molar-refractivity contribution in [3.8, 4) is 11.5 Å². The first kappa shape index (κ1) is 22.6. The van der Waals surface area contributed by atoms with Gasteiger partial charge in [-0.2, -0.15) is 0 Å². The molecule has 1 aliphatic carbocycles. The van der Waals surface area contributed by atoms with E-state index in [0.717, 1.165) is 25.7 Å². The highest BCUT2D eigenvalue weighted by Crippen LogP contribution is 2.38. The molecule has 0 bridgehead atoms. The highest BCUT2D eigenvalue weighted by molar-refractivity contribution is 5.89. The van der Waals surface area contributed by atoms with Crippen LogP contribution < -0.4 is 14.4 Å².